The van der Waals surface area contributed by atoms with E-state index in [1.54, 1.807) is 31.7 Å². The molecule has 0 spiro atoms. The smallest absolute Gasteiger partial charge is 0.413 e. The molecule has 0 saturated carbocycles. The molecule has 0 aliphatic carbocycles. The first-order valence-corrected chi connectivity index (χ1v) is 14.8. The van der Waals surface area contributed by atoms with Crippen LogP contribution in [0.15, 0.2) is 24.5 Å². The number of hydrogen-bond donors (Lipinski definition) is 2. The van der Waals surface area contributed by atoms with E-state index in [1.165, 1.54) is 18.5 Å². The summed E-state index contributed by atoms with van der Waals surface area (Å²) in [6.45, 7) is 12.5. The van der Waals surface area contributed by atoms with Crippen molar-refractivity contribution in [3.05, 3.63) is 35.4 Å². The van der Waals surface area contributed by atoms with E-state index in [2.05, 4.69) is 20.3 Å². The van der Waals surface area contributed by atoms with Gasteiger partial charge in [0, 0.05) is 42.7 Å². The molecular weight excluding hydrogens is 599 g/mol. The van der Waals surface area contributed by atoms with Gasteiger partial charge in [-0.25, -0.2) is 28.9 Å². The van der Waals surface area contributed by atoms with E-state index in [-0.39, 0.29) is 43.3 Å². The molecule has 1 aliphatic rings. The highest BCUT2D eigenvalue weighted by atomic mass is 35.5. The first-order valence-electron chi connectivity index (χ1n) is 13.6. The molecule has 2 aromatic carbocycles. The fourth-order valence-electron chi connectivity index (χ4n) is 4.70. The van der Waals surface area contributed by atoms with E-state index in [4.69, 9.17) is 21.1 Å². The summed E-state index contributed by atoms with van der Waals surface area (Å²) in [4.78, 5) is 41.7. The third-order valence-corrected chi connectivity index (χ3v) is 7.71. The summed E-state index contributed by atoms with van der Waals surface area (Å²) < 4.78 is 25.8. The number of hydrogen-bond acceptors (Lipinski definition) is 10. The normalized spacial score (nSPS) is 14.3. The lowest BCUT2D eigenvalue weighted by atomic mass is 10.0. The zero-order valence-corrected chi connectivity index (χ0v) is 26.2. The molecule has 14 heteroatoms. The van der Waals surface area contributed by atoms with Crippen molar-refractivity contribution in [2.45, 2.75) is 52.7 Å². The van der Waals surface area contributed by atoms with Crippen molar-refractivity contribution in [2.75, 3.05) is 36.4 Å². The number of amides is 2. The van der Waals surface area contributed by atoms with Crippen LogP contribution in [0.2, 0.25) is 5.02 Å². The maximum Gasteiger partial charge on any atom is 0.413 e. The second kappa shape index (κ2) is 11.3. The van der Waals surface area contributed by atoms with Crippen molar-refractivity contribution in [1.82, 2.24) is 19.9 Å². The quantitative estimate of drug-likeness (QED) is 0.251. The predicted molar refractivity (Wildman–Crippen MR) is 165 cm³/mol. The highest BCUT2D eigenvalue weighted by Crippen LogP contribution is 2.46. The van der Waals surface area contributed by atoms with Crippen LogP contribution in [0.25, 0.3) is 32.2 Å². The maximum atomic E-state index is 14.8. The Morgan fingerprint density at radius 2 is 1.70 bits per heavy atom. The molecule has 11 nitrogen and oxygen atoms in total. The van der Waals surface area contributed by atoms with Crippen molar-refractivity contribution in [1.29, 1.82) is 0 Å². The Bertz CT molecular complexity index is 1730. The molecule has 0 radical (unpaired) electrons. The van der Waals surface area contributed by atoms with Gasteiger partial charge in [0.2, 0.25) is 0 Å². The molecule has 2 aromatic heterocycles. The molecule has 1 fully saturated rings. The number of anilines is 2. The van der Waals surface area contributed by atoms with Gasteiger partial charge in [-0.15, -0.1) is 0 Å². The van der Waals surface area contributed by atoms with E-state index >= 15 is 0 Å². The van der Waals surface area contributed by atoms with Gasteiger partial charge in [-0.1, -0.05) is 22.9 Å². The first kappa shape index (κ1) is 30.5. The fourth-order valence-corrected chi connectivity index (χ4v) is 5.88. The summed E-state index contributed by atoms with van der Waals surface area (Å²) in [5.74, 6) is -0.208. The number of nitrogens with one attached hydrogen (secondary N) is 1. The fraction of sp³-hybridized carbons (Fsp3) is 0.414. The summed E-state index contributed by atoms with van der Waals surface area (Å²) >= 11 is 7.71. The second-order valence-corrected chi connectivity index (χ2v) is 13.5. The van der Waals surface area contributed by atoms with E-state index < -0.39 is 23.1 Å². The minimum Gasteiger partial charge on any atom is -0.505 e. The summed E-state index contributed by atoms with van der Waals surface area (Å²) in [5.41, 5.74) is -0.283. The number of carbonyl (C=O) groups is 2. The number of nitrogens with zero attached hydrogens (tertiary/aromatic N) is 5. The maximum absolute atomic E-state index is 14.8. The van der Waals surface area contributed by atoms with Crippen LogP contribution in [0.3, 0.4) is 0 Å². The predicted octanol–water partition coefficient (Wildman–Crippen LogP) is 6.81. The lowest BCUT2D eigenvalue weighted by molar-refractivity contribution is 0.0240. The average Bonchev–Trinajstić information content (AvgIpc) is 3.32. The van der Waals surface area contributed by atoms with Crippen molar-refractivity contribution in [3.63, 3.8) is 0 Å². The highest BCUT2D eigenvalue weighted by Gasteiger charge is 2.29. The molecule has 2 N–H and O–H groups in total. The summed E-state index contributed by atoms with van der Waals surface area (Å²) in [7, 11) is 0. The van der Waals surface area contributed by atoms with Crippen LogP contribution in [-0.4, -0.2) is 74.5 Å². The molecule has 4 aromatic rings. The number of phenolic OH excluding ortho intramolecular Hbond substituents is 1. The molecule has 2 amide bonds. The molecular formula is C29H32ClFN6O5S. The average molecular weight is 631 g/mol. The Hall–Kier alpha value is -3.97. The van der Waals surface area contributed by atoms with Gasteiger partial charge in [-0.05, 0) is 59.7 Å². The number of thiazole rings is 1. The van der Waals surface area contributed by atoms with Gasteiger partial charge in [0.25, 0.3) is 0 Å². The molecule has 1 aliphatic heterocycles. The summed E-state index contributed by atoms with van der Waals surface area (Å²) in [6.07, 6.45) is 0.250. The Morgan fingerprint density at radius 3 is 2.35 bits per heavy atom. The van der Waals surface area contributed by atoms with Gasteiger partial charge >= 0.3 is 12.2 Å². The zero-order chi connectivity index (χ0) is 31.3. The number of fused-ring (bicyclic) bond motifs is 2. The van der Waals surface area contributed by atoms with Crippen molar-refractivity contribution >= 4 is 67.2 Å². The third-order valence-electron chi connectivity index (χ3n) is 6.44. The van der Waals surface area contributed by atoms with Crippen molar-refractivity contribution in [2.24, 2.45) is 0 Å². The van der Waals surface area contributed by atoms with Crippen LogP contribution < -0.4 is 10.2 Å². The van der Waals surface area contributed by atoms with Crippen LogP contribution in [0, 0.1) is 5.82 Å². The van der Waals surface area contributed by atoms with Crippen LogP contribution in [0.1, 0.15) is 41.5 Å². The number of ether oxygens (including phenoxy) is 2. The number of piperazine rings is 1. The molecule has 43 heavy (non-hydrogen) atoms. The monoisotopic (exact) mass is 630 g/mol. The summed E-state index contributed by atoms with van der Waals surface area (Å²) in [5, 5.41) is 14.8. The number of aromatic nitrogens is 3. The van der Waals surface area contributed by atoms with Crippen LogP contribution in [0.4, 0.5) is 24.9 Å². The number of benzene rings is 2. The van der Waals surface area contributed by atoms with Gasteiger partial charge in [-0.3, -0.25) is 5.32 Å². The van der Waals surface area contributed by atoms with Gasteiger partial charge in [-0.2, -0.15) is 0 Å². The highest BCUT2D eigenvalue weighted by molar-refractivity contribution is 7.22. The molecule has 5 rings (SSSR count). The molecule has 1 saturated heterocycles. The number of aromatic hydroxyl groups is 1. The third kappa shape index (κ3) is 6.52. The van der Waals surface area contributed by atoms with Gasteiger partial charge in [0.05, 0.1) is 15.2 Å². The number of halogens is 2. The standard InChI is InChI=1S/C29H32ClFN6O5S/c1-28(2,3)41-26(39)35-25-34-21-15(7-8-18(31)23(21)43-25)19-17(30)13-16-20(22(19)38)32-14-33-24(16)36-9-11-37(12-10-36)27(40)42-29(4,5)6/h7-8,13-14,38H,9-12H2,1-6H3,(H,34,35,39). The van der Waals surface area contributed by atoms with E-state index in [9.17, 15) is 19.1 Å². The van der Waals surface area contributed by atoms with Crippen molar-refractivity contribution < 1.29 is 28.6 Å². The van der Waals surface area contributed by atoms with E-state index in [0.29, 0.717) is 42.9 Å². The minimum atomic E-state index is -0.728. The van der Waals surface area contributed by atoms with E-state index in [0.717, 1.165) is 11.3 Å². The lowest BCUT2D eigenvalue weighted by Crippen LogP contribution is -2.50. The van der Waals surface area contributed by atoms with Crippen molar-refractivity contribution in [3.8, 4) is 16.9 Å². The first-order chi connectivity index (χ1) is 20.1. The molecule has 3 heterocycles. The Kier molecular flexibility index (Phi) is 7.99. The largest absolute Gasteiger partial charge is 0.505 e. The Labute approximate surface area is 256 Å². The molecule has 0 unspecified atom stereocenters. The van der Waals surface area contributed by atoms with Gasteiger partial charge < -0.3 is 24.4 Å². The Morgan fingerprint density at radius 1 is 1.02 bits per heavy atom. The SMILES string of the molecule is CC(C)(C)OC(=O)Nc1nc2c(-c3c(Cl)cc4c(N5CCN(C(=O)OC(C)(C)C)CC5)ncnc4c3O)ccc(F)c2s1. The lowest BCUT2D eigenvalue weighted by Gasteiger charge is -2.36. The minimum absolute atomic E-state index is 0.127. The molecule has 0 bridgehead atoms. The van der Waals surface area contributed by atoms with Crippen LogP contribution in [0.5, 0.6) is 5.75 Å². The number of carbonyl (C=O) groups excluding carboxylic acids is 2. The number of phenols is 1. The molecule has 0 atom stereocenters. The van der Waals surface area contributed by atoms with Crippen LogP contribution >= 0.6 is 22.9 Å². The molecule has 228 valence electrons. The van der Waals surface area contributed by atoms with Gasteiger partial charge in [0.15, 0.2) is 10.9 Å². The zero-order valence-electron chi connectivity index (χ0n) is 24.6. The van der Waals surface area contributed by atoms with Crippen LogP contribution in [-0.2, 0) is 9.47 Å². The topological polar surface area (TPSA) is 130 Å². The number of rotatable bonds is 3. The van der Waals surface area contributed by atoms with E-state index in [1.807, 2.05) is 25.7 Å². The van der Waals surface area contributed by atoms with Gasteiger partial charge in [0.1, 0.15) is 34.7 Å². The second-order valence-electron chi connectivity index (χ2n) is 12.0. The Balaban J connectivity index is 1.48. The summed E-state index contributed by atoms with van der Waals surface area (Å²) in [6, 6.07) is 4.38.